The van der Waals surface area contributed by atoms with Crippen LogP contribution in [0.4, 0.5) is 0 Å². The third-order valence-corrected chi connectivity index (χ3v) is 7.43. The van der Waals surface area contributed by atoms with E-state index < -0.39 is 0 Å². The normalized spacial score (nSPS) is 17.9. The highest BCUT2D eigenvalue weighted by Gasteiger charge is 2.42. The van der Waals surface area contributed by atoms with Gasteiger partial charge in [0.05, 0.1) is 29.7 Å². The molecule has 4 nitrogen and oxygen atoms in total. The second kappa shape index (κ2) is 8.27. The number of fused-ring (bicyclic) bond motifs is 3. The van der Waals surface area contributed by atoms with Gasteiger partial charge in [-0.1, -0.05) is 42.5 Å². The average molecular weight is 427 g/mol. The Labute approximate surface area is 189 Å². The molecule has 1 saturated heterocycles. The smallest absolute Gasteiger partial charge is 0.114 e. The van der Waals surface area contributed by atoms with Crippen molar-refractivity contribution >= 4 is 10.9 Å². The molecule has 4 heterocycles. The van der Waals surface area contributed by atoms with Crippen LogP contribution < -0.4 is 0 Å². The van der Waals surface area contributed by atoms with Crippen LogP contribution in [-0.2, 0) is 23.4 Å². The molecule has 2 aliphatic rings. The number of likely N-dealkylation sites (tertiary alicyclic amines) is 1. The van der Waals surface area contributed by atoms with Crippen LogP contribution in [0.25, 0.3) is 16.6 Å². The van der Waals surface area contributed by atoms with Gasteiger partial charge in [0, 0.05) is 30.7 Å². The maximum absolute atomic E-state index is 6.32. The van der Waals surface area contributed by atoms with Crippen molar-refractivity contribution in [1.29, 1.82) is 0 Å². The Bertz CT molecular complexity index is 1200. The molecule has 1 spiro atoms. The van der Waals surface area contributed by atoms with Crippen molar-refractivity contribution in [2.75, 3.05) is 19.6 Å². The zero-order valence-electron chi connectivity index (χ0n) is 18.5. The van der Waals surface area contributed by atoms with Crippen LogP contribution in [0.2, 0.25) is 0 Å². The third kappa shape index (κ3) is 3.48. The van der Waals surface area contributed by atoms with Crippen molar-refractivity contribution in [1.82, 2.24) is 9.47 Å². The summed E-state index contributed by atoms with van der Waals surface area (Å²) in [5.41, 5.74) is 6.56. The van der Waals surface area contributed by atoms with Crippen LogP contribution in [-0.4, -0.2) is 29.1 Å². The second-order valence-electron chi connectivity index (χ2n) is 9.26. The van der Waals surface area contributed by atoms with E-state index in [1.54, 1.807) is 6.26 Å². The summed E-state index contributed by atoms with van der Waals surface area (Å²) < 4.78 is 13.9. The molecule has 2 aromatic heterocycles. The van der Waals surface area contributed by atoms with Crippen molar-refractivity contribution in [2.45, 2.75) is 44.3 Å². The maximum atomic E-state index is 6.32. The first kappa shape index (κ1) is 19.8. The number of hydrogen-bond donors (Lipinski definition) is 0. The summed E-state index contributed by atoms with van der Waals surface area (Å²) in [4.78, 5) is 2.63. The van der Waals surface area contributed by atoms with Crippen LogP contribution in [0.15, 0.2) is 77.7 Å². The number of rotatable bonds is 6. The number of hydrogen-bond acceptors (Lipinski definition) is 3. The molecule has 32 heavy (non-hydrogen) atoms. The number of unbranched alkanes of at least 4 members (excludes halogenated alkanes) is 1. The van der Waals surface area contributed by atoms with Gasteiger partial charge < -0.3 is 18.6 Å². The van der Waals surface area contributed by atoms with Crippen LogP contribution in [0.3, 0.4) is 0 Å². The van der Waals surface area contributed by atoms with Crippen LogP contribution in [0.1, 0.15) is 42.4 Å². The number of furan rings is 1. The summed E-state index contributed by atoms with van der Waals surface area (Å²) >= 11 is 0. The third-order valence-electron chi connectivity index (χ3n) is 7.43. The minimum Gasteiger partial charge on any atom is -0.470 e. The second-order valence-corrected chi connectivity index (χ2v) is 9.26. The fraction of sp³-hybridized carbons (Fsp3) is 0.357. The Hall–Kier alpha value is -2.82. The average Bonchev–Trinajstić information content (AvgIpc) is 3.57. The molecule has 0 saturated carbocycles. The lowest BCUT2D eigenvalue weighted by Gasteiger charge is -2.39. The highest BCUT2D eigenvalue weighted by atomic mass is 16.5. The van der Waals surface area contributed by atoms with Gasteiger partial charge in [0.2, 0.25) is 0 Å². The van der Waals surface area contributed by atoms with E-state index in [0.717, 1.165) is 44.6 Å². The van der Waals surface area contributed by atoms with E-state index >= 15 is 0 Å². The summed E-state index contributed by atoms with van der Waals surface area (Å²) in [6.07, 6.45) is 11.6. The van der Waals surface area contributed by atoms with E-state index in [9.17, 15) is 0 Å². The predicted octanol–water partition coefficient (Wildman–Crippen LogP) is 6.07. The Morgan fingerprint density at radius 2 is 1.75 bits per heavy atom. The SMILES string of the molecule is c1ccc2c(c1)COC21CCN(CCCCc2cn(-c3ccoc3)c3ccccc23)CC1. The molecular formula is C28H30N2O2. The number of benzene rings is 2. The molecule has 6 rings (SSSR count). The first-order valence-electron chi connectivity index (χ1n) is 11.9. The molecule has 2 aliphatic heterocycles. The number of aryl methyl sites for hydroxylation is 1. The molecule has 4 heteroatoms. The summed E-state index contributed by atoms with van der Waals surface area (Å²) in [6, 6.07) is 19.5. The molecule has 0 unspecified atom stereocenters. The van der Waals surface area contributed by atoms with E-state index in [1.165, 1.54) is 47.0 Å². The predicted molar refractivity (Wildman–Crippen MR) is 127 cm³/mol. The highest BCUT2D eigenvalue weighted by molar-refractivity contribution is 5.85. The monoisotopic (exact) mass is 426 g/mol. The summed E-state index contributed by atoms with van der Waals surface area (Å²) in [5, 5.41) is 1.35. The summed E-state index contributed by atoms with van der Waals surface area (Å²) in [5.74, 6) is 0. The first-order valence-corrected chi connectivity index (χ1v) is 11.9. The van der Waals surface area contributed by atoms with E-state index in [0.29, 0.717) is 0 Å². The Morgan fingerprint density at radius 3 is 2.62 bits per heavy atom. The van der Waals surface area contributed by atoms with Gasteiger partial charge in [-0.25, -0.2) is 0 Å². The van der Waals surface area contributed by atoms with E-state index in [4.69, 9.17) is 9.15 Å². The molecular weight excluding hydrogens is 396 g/mol. The van der Waals surface area contributed by atoms with Gasteiger partial charge in [0.1, 0.15) is 6.26 Å². The van der Waals surface area contributed by atoms with Gasteiger partial charge in [0.15, 0.2) is 0 Å². The van der Waals surface area contributed by atoms with Gasteiger partial charge in [0.25, 0.3) is 0 Å². The largest absolute Gasteiger partial charge is 0.470 e. The van der Waals surface area contributed by atoms with Gasteiger partial charge >= 0.3 is 0 Å². The van der Waals surface area contributed by atoms with Crippen molar-refractivity contribution in [3.05, 3.63) is 90.0 Å². The lowest BCUT2D eigenvalue weighted by atomic mass is 9.84. The topological polar surface area (TPSA) is 30.5 Å². The molecule has 0 amide bonds. The quantitative estimate of drug-likeness (QED) is 0.351. The number of piperidine rings is 1. The van der Waals surface area contributed by atoms with Crippen molar-refractivity contribution in [2.24, 2.45) is 0 Å². The lowest BCUT2D eigenvalue weighted by molar-refractivity contribution is -0.0788. The van der Waals surface area contributed by atoms with E-state index in [-0.39, 0.29) is 5.60 Å². The molecule has 0 aliphatic carbocycles. The van der Waals surface area contributed by atoms with E-state index in [2.05, 4.69) is 64.2 Å². The summed E-state index contributed by atoms with van der Waals surface area (Å²) in [6.45, 7) is 4.23. The van der Waals surface area contributed by atoms with E-state index in [1.807, 2.05) is 12.3 Å². The Morgan fingerprint density at radius 1 is 0.906 bits per heavy atom. The minimum atomic E-state index is -0.0258. The van der Waals surface area contributed by atoms with Crippen LogP contribution in [0, 0.1) is 0 Å². The van der Waals surface area contributed by atoms with Crippen molar-refractivity contribution in [3.63, 3.8) is 0 Å². The number of ether oxygens (including phenoxy) is 1. The Kier molecular flexibility index (Phi) is 5.12. The molecule has 4 aromatic rings. The van der Waals surface area contributed by atoms with Gasteiger partial charge in [-0.2, -0.15) is 0 Å². The van der Waals surface area contributed by atoms with Crippen LogP contribution in [0.5, 0.6) is 0 Å². The fourth-order valence-electron chi connectivity index (χ4n) is 5.64. The van der Waals surface area contributed by atoms with Crippen LogP contribution >= 0.6 is 0 Å². The van der Waals surface area contributed by atoms with Gasteiger partial charge in [-0.05, 0) is 61.4 Å². The minimum absolute atomic E-state index is 0.0258. The van der Waals surface area contributed by atoms with Crippen molar-refractivity contribution in [3.8, 4) is 5.69 Å². The molecule has 1 fully saturated rings. The maximum Gasteiger partial charge on any atom is 0.114 e. The zero-order chi connectivity index (χ0) is 21.4. The number of nitrogens with zero attached hydrogens (tertiary/aromatic N) is 2. The fourth-order valence-corrected chi connectivity index (χ4v) is 5.64. The highest BCUT2D eigenvalue weighted by Crippen LogP contribution is 2.44. The zero-order valence-corrected chi connectivity index (χ0v) is 18.5. The lowest BCUT2D eigenvalue weighted by Crippen LogP contribution is -2.42. The number of aromatic nitrogens is 1. The molecule has 164 valence electrons. The number of para-hydroxylation sites is 1. The summed E-state index contributed by atoms with van der Waals surface area (Å²) in [7, 11) is 0. The Balaban J connectivity index is 1.05. The standard InChI is InChI=1S/C28H30N2O2/c1-3-10-26-23(8-1)20-32-28(26)13-16-29(17-14-28)15-6-5-7-22-19-30(24-12-18-31-21-24)27-11-4-2-9-25(22)27/h1-4,8-12,18-19,21H,5-7,13-17,20H2. The van der Waals surface area contributed by atoms with Gasteiger partial charge in [-0.15, -0.1) is 0 Å². The first-order chi connectivity index (χ1) is 15.8. The molecule has 0 N–H and O–H groups in total. The molecule has 0 atom stereocenters. The molecule has 0 bridgehead atoms. The van der Waals surface area contributed by atoms with Crippen molar-refractivity contribution < 1.29 is 9.15 Å². The van der Waals surface area contributed by atoms with Gasteiger partial charge in [-0.3, -0.25) is 0 Å². The molecule has 2 aromatic carbocycles. The molecule has 0 radical (unpaired) electrons.